The molecule has 0 spiro atoms. The first kappa shape index (κ1) is 11.2. The summed E-state index contributed by atoms with van der Waals surface area (Å²) < 4.78 is 5.07. The van der Waals surface area contributed by atoms with Crippen molar-refractivity contribution >= 4 is 5.97 Å². The Balaban J connectivity index is 2.59. The summed E-state index contributed by atoms with van der Waals surface area (Å²) in [6.07, 6.45) is 3.98. The molecule has 0 aromatic carbocycles. The molecule has 1 N–H and O–H groups in total. The van der Waals surface area contributed by atoms with Crippen molar-refractivity contribution in [3.63, 3.8) is 0 Å². The maximum Gasteiger partial charge on any atom is 0.326 e. The minimum absolute atomic E-state index is 0.135. The SMILES string of the molecule is C=CCNC(C)(C(=O)OCC)C1CC1. The van der Waals surface area contributed by atoms with Crippen molar-refractivity contribution in [1.82, 2.24) is 5.32 Å². The van der Waals surface area contributed by atoms with Gasteiger partial charge in [0.15, 0.2) is 0 Å². The molecule has 0 heterocycles. The molecule has 1 fully saturated rings. The van der Waals surface area contributed by atoms with Crippen LogP contribution in [0.2, 0.25) is 0 Å². The van der Waals surface area contributed by atoms with Crippen molar-refractivity contribution in [2.45, 2.75) is 32.2 Å². The summed E-state index contributed by atoms with van der Waals surface area (Å²) in [5.74, 6) is 0.297. The minimum atomic E-state index is -0.510. The van der Waals surface area contributed by atoms with Crippen LogP contribution in [0.5, 0.6) is 0 Å². The molecule has 0 aliphatic heterocycles. The zero-order valence-corrected chi connectivity index (χ0v) is 9.01. The van der Waals surface area contributed by atoms with Crippen LogP contribution in [-0.2, 0) is 9.53 Å². The van der Waals surface area contributed by atoms with E-state index in [0.29, 0.717) is 19.1 Å². The molecule has 3 heteroatoms. The molecule has 1 atom stereocenters. The fourth-order valence-electron chi connectivity index (χ4n) is 1.61. The first-order valence-electron chi connectivity index (χ1n) is 5.18. The highest BCUT2D eigenvalue weighted by Gasteiger charge is 2.47. The van der Waals surface area contributed by atoms with E-state index in [0.717, 1.165) is 12.8 Å². The zero-order chi connectivity index (χ0) is 10.6. The third-order valence-electron chi connectivity index (χ3n) is 2.71. The van der Waals surface area contributed by atoms with Crippen LogP contribution in [-0.4, -0.2) is 24.7 Å². The summed E-state index contributed by atoms with van der Waals surface area (Å²) in [4.78, 5) is 11.7. The first-order valence-corrected chi connectivity index (χ1v) is 5.18. The van der Waals surface area contributed by atoms with E-state index >= 15 is 0 Å². The second kappa shape index (κ2) is 4.60. The number of nitrogens with one attached hydrogen (secondary N) is 1. The van der Waals surface area contributed by atoms with Gasteiger partial charge in [-0.05, 0) is 32.6 Å². The second-order valence-corrected chi connectivity index (χ2v) is 3.87. The summed E-state index contributed by atoms with van der Waals surface area (Å²) in [5, 5.41) is 3.20. The van der Waals surface area contributed by atoms with Crippen LogP contribution in [0.4, 0.5) is 0 Å². The van der Waals surface area contributed by atoms with Gasteiger partial charge < -0.3 is 4.74 Å². The predicted octanol–water partition coefficient (Wildman–Crippen LogP) is 1.49. The Labute approximate surface area is 85.5 Å². The molecule has 1 unspecified atom stereocenters. The number of ether oxygens (including phenoxy) is 1. The average molecular weight is 197 g/mol. The Morgan fingerprint density at radius 3 is 2.79 bits per heavy atom. The molecule has 0 bridgehead atoms. The van der Waals surface area contributed by atoms with Gasteiger partial charge in [-0.1, -0.05) is 6.08 Å². The molecule has 0 amide bonds. The molecule has 80 valence electrons. The van der Waals surface area contributed by atoms with E-state index in [2.05, 4.69) is 11.9 Å². The third kappa shape index (κ3) is 2.35. The summed E-state index contributed by atoms with van der Waals surface area (Å²) in [5.41, 5.74) is -0.510. The van der Waals surface area contributed by atoms with Gasteiger partial charge in [-0.3, -0.25) is 10.1 Å². The minimum Gasteiger partial charge on any atom is -0.465 e. The lowest BCUT2D eigenvalue weighted by atomic mass is 9.96. The Morgan fingerprint density at radius 1 is 1.71 bits per heavy atom. The Hall–Kier alpha value is -0.830. The summed E-state index contributed by atoms with van der Waals surface area (Å²) in [6.45, 7) is 8.48. The van der Waals surface area contributed by atoms with Crippen LogP contribution < -0.4 is 5.32 Å². The van der Waals surface area contributed by atoms with Crippen molar-refractivity contribution in [2.24, 2.45) is 5.92 Å². The van der Waals surface area contributed by atoms with E-state index < -0.39 is 5.54 Å². The molecule has 0 saturated heterocycles. The molecule has 0 radical (unpaired) electrons. The van der Waals surface area contributed by atoms with Crippen molar-refractivity contribution in [3.8, 4) is 0 Å². The number of hydrogen-bond donors (Lipinski definition) is 1. The van der Waals surface area contributed by atoms with E-state index in [-0.39, 0.29) is 5.97 Å². The molecular formula is C11H19NO2. The fourth-order valence-corrected chi connectivity index (χ4v) is 1.61. The smallest absolute Gasteiger partial charge is 0.326 e. The Kier molecular flexibility index (Phi) is 3.69. The number of carbonyl (C=O) groups is 1. The van der Waals surface area contributed by atoms with E-state index in [1.807, 2.05) is 13.8 Å². The zero-order valence-electron chi connectivity index (χ0n) is 9.01. The van der Waals surface area contributed by atoms with E-state index in [1.54, 1.807) is 6.08 Å². The van der Waals surface area contributed by atoms with Gasteiger partial charge in [-0.25, -0.2) is 0 Å². The van der Waals surface area contributed by atoms with Gasteiger partial charge in [0.2, 0.25) is 0 Å². The highest BCUT2D eigenvalue weighted by atomic mass is 16.5. The maximum absolute atomic E-state index is 11.7. The number of carbonyl (C=O) groups excluding carboxylic acids is 1. The molecule has 0 aromatic heterocycles. The average Bonchev–Trinajstić information content (AvgIpc) is 2.97. The standard InChI is InChI=1S/C11H19NO2/c1-4-8-12-11(3,9-6-7-9)10(13)14-5-2/h4,9,12H,1,5-8H2,2-3H3. The highest BCUT2D eigenvalue weighted by Crippen LogP contribution is 2.40. The molecule has 1 saturated carbocycles. The number of hydrogen-bond acceptors (Lipinski definition) is 3. The van der Waals surface area contributed by atoms with Crippen molar-refractivity contribution in [3.05, 3.63) is 12.7 Å². The number of esters is 1. The topological polar surface area (TPSA) is 38.3 Å². The van der Waals surface area contributed by atoms with Crippen LogP contribution in [0, 0.1) is 5.92 Å². The van der Waals surface area contributed by atoms with Crippen molar-refractivity contribution < 1.29 is 9.53 Å². The van der Waals surface area contributed by atoms with Crippen LogP contribution in [0.3, 0.4) is 0 Å². The van der Waals surface area contributed by atoms with Gasteiger partial charge in [0.05, 0.1) is 6.61 Å². The first-order chi connectivity index (χ1) is 6.65. The Bertz CT molecular complexity index is 223. The van der Waals surface area contributed by atoms with Crippen LogP contribution in [0.25, 0.3) is 0 Å². The highest BCUT2D eigenvalue weighted by molar-refractivity contribution is 5.81. The van der Waals surface area contributed by atoms with Gasteiger partial charge in [0.1, 0.15) is 5.54 Å². The largest absolute Gasteiger partial charge is 0.465 e. The molecule has 3 nitrogen and oxygen atoms in total. The van der Waals surface area contributed by atoms with Gasteiger partial charge in [-0.15, -0.1) is 6.58 Å². The molecule has 1 aliphatic carbocycles. The lowest BCUT2D eigenvalue weighted by Crippen LogP contribution is -2.52. The summed E-state index contributed by atoms with van der Waals surface area (Å²) in [6, 6.07) is 0. The fraction of sp³-hybridized carbons (Fsp3) is 0.727. The quantitative estimate of drug-likeness (QED) is 0.518. The third-order valence-corrected chi connectivity index (χ3v) is 2.71. The van der Waals surface area contributed by atoms with E-state index in [1.165, 1.54) is 0 Å². The van der Waals surface area contributed by atoms with Gasteiger partial charge in [0, 0.05) is 6.54 Å². The predicted molar refractivity (Wildman–Crippen MR) is 56.0 cm³/mol. The van der Waals surface area contributed by atoms with Crippen LogP contribution in [0.1, 0.15) is 26.7 Å². The molecule has 1 rings (SSSR count). The van der Waals surface area contributed by atoms with E-state index in [9.17, 15) is 4.79 Å². The second-order valence-electron chi connectivity index (χ2n) is 3.87. The van der Waals surface area contributed by atoms with Crippen LogP contribution in [0.15, 0.2) is 12.7 Å². The molecular weight excluding hydrogens is 178 g/mol. The van der Waals surface area contributed by atoms with Crippen molar-refractivity contribution in [2.75, 3.05) is 13.2 Å². The Morgan fingerprint density at radius 2 is 2.36 bits per heavy atom. The lowest BCUT2D eigenvalue weighted by molar-refractivity contribution is -0.151. The van der Waals surface area contributed by atoms with Gasteiger partial charge >= 0.3 is 5.97 Å². The van der Waals surface area contributed by atoms with Crippen LogP contribution >= 0.6 is 0 Å². The van der Waals surface area contributed by atoms with Gasteiger partial charge in [0.25, 0.3) is 0 Å². The van der Waals surface area contributed by atoms with Gasteiger partial charge in [-0.2, -0.15) is 0 Å². The summed E-state index contributed by atoms with van der Waals surface area (Å²) in [7, 11) is 0. The number of rotatable bonds is 6. The molecule has 0 aromatic rings. The normalized spacial score (nSPS) is 19.9. The molecule has 14 heavy (non-hydrogen) atoms. The van der Waals surface area contributed by atoms with Crippen molar-refractivity contribution in [1.29, 1.82) is 0 Å². The van der Waals surface area contributed by atoms with E-state index in [4.69, 9.17) is 4.74 Å². The summed E-state index contributed by atoms with van der Waals surface area (Å²) >= 11 is 0. The maximum atomic E-state index is 11.7. The lowest BCUT2D eigenvalue weighted by Gasteiger charge is -2.27. The molecule has 1 aliphatic rings. The monoisotopic (exact) mass is 197 g/mol.